The summed E-state index contributed by atoms with van der Waals surface area (Å²) in [6.07, 6.45) is 3.69. The smallest absolute Gasteiger partial charge is 0.171 e. The largest absolute Gasteiger partial charge is 0.305 e. The maximum Gasteiger partial charge on any atom is 0.171 e. The summed E-state index contributed by atoms with van der Waals surface area (Å²) >= 11 is -1.81. The topological polar surface area (TPSA) is 64.3 Å². The van der Waals surface area contributed by atoms with E-state index in [2.05, 4.69) is 41.3 Å². The summed E-state index contributed by atoms with van der Waals surface area (Å²) < 4.78 is 21.6. The Labute approximate surface area is 163 Å². The van der Waals surface area contributed by atoms with Gasteiger partial charge < -0.3 is 4.55 Å². The van der Waals surface area contributed by atoms with Gasteiger partial charge in [-0.05, 0) is 53.9 Å². The van der Waals surface area contributed by atoms with E-state index in [0.717, 1.165) is 36.9 Å². The number of nitriles is 1. The lowest BCUT2D eigenvalue weighted by molar-refractivity contribution is 0.209. The van der Waals surface area contributed by atoms with E-state index in [1.807, 2.05) is 18.2 Å². The van der Waals surface area contributed by atoms with E-state index in [-0.39, 0.29) is 11.3 Å². The zero-order valence-electron chi connectivity index (χ0n) is 15.3. The second kappa shape index (κ2) is 7.93. The fourth-order valence-corrected chi connectivity index (χ4v) is 5.13. The van der Waals surface area contributed by atoms with Gasteiger partial charge in [-0.15, -0.1) is 0 Å². The lowest BCUT2D eigenvalue weighted by atomic mass is 9.89. The molecule has 0 bridgehead atoms. The normalized spacial score (nSPS) is 20.3. The molecule has 1 aliphatic heterocycles. The molecule has 0 spiro atoms. The number of benzene rings is 2. The molecule has 0 aromatic heterocycles. The van der Waals surface area contributed by atoms with E-state index < -0.39 is 11.1 Å². The van der Waals surface area contributed by atoms with Crippen LogP contribution in [0.1, 0.15) is 41.0 Å². The van der Waals surface area contributed by atoms with Crippen LogP contribution in [0.25, 0.3) is 0 Å². The molecule has 3 atom stereocenters. The molecule has 2 aromatic rings. The Balaban J connectivity index is 1.55. The Hall–Kier alpha value is -2.00. The highest BCUT2D eigenvalue weighted by atomic mass is 32.2. The summed E-state index contributed by atoms with van der Waals surface area (Å²) in [7, 11) is 0. The molecule has 5 heteroatoms. The molecule has 4 rings (SSSR count). The number of rotatable bonds is 6. The molecule has 2 aromatic carbocycles. The van der Waals surface area contributed by atoms with E-state index >= 15 is 0 Å². The summed E-state index contributed by atoms with van der Waals surface area (Å²) in [5.41, 5.74) is 4.69. The molecule has 0 radical (unpaired) electrons. The van der Waals surface area contributed by atoms with E-state index in [9.17, 15) is 14.0 Å². The third-order valence-electron chi connectivity index (χ3n) is 5.70. The van der Waals surface area contributed by atoms with Crippen molar-refractivity contribution in [3.63, 3.8) is 0 Å². The number of hydrogen-bond acceptors (Lipinski definition) is 3. The molecule has 3 unspecified atom stereocenters. The van der Waals surface area contributed by atoms with Crippen molar-refractivity contribution in [3.8, 4) is 6.07 Å². The van der Waals surface area contributed by atoms with Crippen LogP contribution in [0.4, 0.5) is 0 Å². The second-order valence-corrected chi connectivity index (χ2v) is 8.66. The highest BCUT2D eigenvalue weighted by Crippen LogP contribution is 2.38. The van der Waals surface area contributed by atoms with Crippen molar-refractivity contribution in [1.82, 2.24) is 4.90 Å². The highest BCUT2D eigenvalue weighted by molar-refractivity contribution is 7.79. The van der Waals surface area contributed by atoms with Crippen molar-refractivity contribution in [2.45, 2.75) is 43.5 Å². The minimum Gasteiger partial charge on any atom is -0.305 e. The molecule has 1 saturated carbocycles. The zero-order valence-corrected chi connectivity index (χ0v) is 16.1. The predicted octanol–water partition coefficient (Wildman–Crippen LogP) is 3.85. The van der Waals surface area contributed by atoms with Gasteiger partial charge in [-0.25, -0.2) is 4.21 Å². The summed E-state index contributed by atoms with van der Waals surface area (Å²) in [5.74, 6) is 0.171. The van der Waals surface area contributed by atoms with Gasteiger partial charge in [0.1, 0.15) is 5.37 Å². The monoisotopic (exact) mass is 380 g/mol. The highest BCUT2D eigenvalue weighted by Gasteiger charge is 2.40. The molecule has 1 fully saturated rings. The first-order valence-corrected chi connectivity index (χ1v) is 10.7. The number of hydrogen-bond donors (Lipinski definition) is 1. The Bertz CT molecular complexity index is 874. The minimum atomic E-state index is -1.81. The Morgan fingerprint density at radius 3 is 2.63 bits per heavy atom. The fraction of sp³-hybridized carbons (Fsp3) is 0.409. The van der Waals surface area contributed by atoms with Crippen molar-refractivity contribution in [2.24, 2.45) is 5.92 Å². The first kappa shape index (κ1) is 18.4. The van der Waals surface area contributed by atoms with Gasteiger partial charge in [-0.2, -0.15) is 5.26 Å². The first-order valence-electron chi connectivity index (χ1n) is 9.54. The van der Waals surface area contributed by atoms with Crippen molar-refractivity contribution in [1.29, 1.82) is 5.26 Å². The van der Waals surface area contributed by atoms with Crippen LogP contribution in [0.2, 0.25) is 0 Å². The van der Waals surface area contributed by atoms with Crippen molar-refractivity contribution >= 4 is 11.1 Å². The summed E-state index contributed by atoms with van der Waals surface area (Å²) in [4.78, 5) is 2.17. The Morgan fingerprint density at radius 1 is 1.19 bits per heavy atom. The molecule has 140 valence electrons. The van der Waals surface area contributed by atoms with Gasteiger partial charge in [0.05, 0.1) is 12.0 Å². The Kier molecular flexibility index (Phi) is 5.40. The van der Waals surface area contributed by atoms with E-state index in [4.69, 9.17) is 0 Å². The summed E-state index contributed by atoms with van der Waals surface area (Å²) in [5, 5.41) is 9.45. The third-order valence-corrected chi connectivity index (χ3v) is 6.80. The predicted molar refractivity (Wildman–Crippen MR) is 106 cm³/mol. The fourth-order valence-electron chi connectivity index (χ4n) is 4.09. The lowest BCUT2D eigenvalue weighted by Crippen LogP contribution is -2.43. The number of nitrogens with zero attached hydrogens (tertiary/aromatic N) is 2. The second-order valence-electron chi connectivity index (χ2n) is 7.62. The maximum absolute atomic E-state index is 11.8. The Morgan fingerprint density at radius 2 is 1.96 bits per heavy atom. The van der Waals surface area contributed by atoms with Crippen LogP contribution in [0.5, 0.6) is 0 Å². The molecule has 4 nitrogen and oxygen atoms in total. The van der Waals surface area contributed by atoms with Gasteiger partial charge in [-0.1, -0.05) is 48.5 Å². The van der Waals surface area contributed by atoms with Crippen LogP contribution in [0.3, 0.4) is 0 Å². The molecule has 0 saturated heterocycles. The molecule has 1 heterocycles. The maximum atomic E-state index is 11.8. The first-order chi connectivity index (χ1) is 13.2. The molecule has 2 aliphatic rings. The summed E-state index contributed by atoms with van der Waals surface area (Å²) in [6, 6.07) is 18.9. The van der Waals surface area contributed by atoms with Crippen molar-refractivity contribution < 1.29 is 8.76 Å². The van der Waals surface area contributed by atoms with E-state index in [1.165, 1.54) is 11.1 Å². The van der Waals surface area contributed by atoms with E-state index in [1.54, 1.807) is 0 Å². The van der Waals surface area contributed by atoms with Crippen molar-refractivity contribution in [2.75, 3.05) is 6.54 Å². The van der Waals surface area contributed by atoms with Gasteiger partial charge in [0.25, 0.3) is 0 Å². The lowest BCUT2D eigenvalue weighted by Gasteiger charge is -2.34. The third kappa shape index (κ3) is 4.14. The van der Waals surface area contributed by atoms with Gasteiger partial charge in [0.15, 0.2) is 11.1 Å². The van der Waals surface area contributed by atoms with Crippen LogP contribution in [-0.2, 0) is 30.5 Å². The molecule has 27 heavy (non-hydrogen) atoms. The van der Waals surface area contributed by atoms with E-state index in [0.29, 0.717) is 18.9 Å². The van der Waals surface area contributed by atoms with Gasteiger partial charge in [0, 0.05) is 13.1 Å². The van der Waals surface area contributed by atoms with Crippen LogP contribution in [0, 0.1) is 17.2 Å². The number of fused-ring (bicyclic) bond motifs is 1. The van der Waals surface area contributed by atoms with Crippen LogP contribution < -0.4 is 0 Å². The SMILES string of the molecule is N#CC(Cc1ccccc1)c1ccc2c(c1)CN(C(C1CC1)S(=O)O)CC2. The molecular weight excluding hydrogens is 356 g/mol. The molecule has 0 amide bonds. The summed E-state index contributed by atoms with van der Waals surface area (Å²) in [6.45, 7) is 1.52. The average Bonchev–Trinajstić information content (AvgIpc) is 3.51. The van der Waals surface area contributed by atoms with Crippen LogP contribution in [0.15, 0.2) is 48.5 Å². The standard InChI is InChI=1S/C22H24N2O2S/c23-14-20(12-16-4-2-1-3-5-16)19-9-6-17-10-11-24(15-21(17)13-19)22(27(25)26)18-7-8-18/h1-6,9,13,18,20,22H,7-8,10-12,15H2,(H,25,26). The molecular formula is C22H24N2O2S. The van der Waals surface area contributed by atoms with Crippen LogP contribution in [-0.4, -0.2) is 25.6 Å². The van der Waals surface area contributed by atoms with Crippen molar-refractivity contribution in [3.05, 3.63) is 70.8 Å². The van der Waals surface area contributed by atoms with Gasteiger partial charge >= 0.3 is 0 Å². The van der Waals surface area contributed by atoms with Gasteiger partial charge in [-0.3, -0.25) is 4.90 Å². The minimum absolute atomic E-state index is 0.181. The molecule has 1 N–H and O–H groups in total. The quantitative estimate of drug-likeness (QED) is 0.773. The van der Waals surface area contributed by atoms with Crippen LogP contribution >= 0.6 is 0 Å². The molecule has 1 aliphatic carbocycles. The zero-order chi connectivity index (χ0) is 18.8. The average molecular weight is 381 g/mol. The van der Waals surface area contributed by atoms with Gasteiger partial charge in [0.2, 0.25) is 0 Å².